The van der Waals surface area contributed by atoms with E-state index in [1.165, 1.54) is 4.90 Å². The predicted molar refractivity (Wildman–Crippen MR) is 80.3 cm³/mol. The molecule has 108 valence electrons. The molecule has 1 aliphatic rings. The van der Waals surface area contributed by atoms with Crippen LogP contribution in [0.1, 0.15) is 19.4 Å². The summed E-state index contributed by atoms with van der Waals surface area (Å²) in [5.41, 5.74) is 1.07. The molecule has 0 atom stereocenters. The predicted octanol–water partition coefficient (Wildman–Crippen LogP) is 1.89. The molecule has 0 unspecified atom stereocenters. The van der Waals surface area contributed by atoms with Gasteiger partial charge in [0.25, 0.3) is 10.0 Å². The number of carbonyl (C=O) groups is 1. The van der Waals surface area contributed by atoms with Crippen molar-refractivity contribution in [3.8, 4) is 0 Å². The zero-order chi connectivity index (χ0) is 14.8. The standard InChI is InChI=1S/C13H16N2O3S2/c1-3-10-5-7-11(8-6-10)20(17,18)14-13-15(4-2)12(16)9-19-13/h5-8H,3-4,9H2,1-2H3/b14-13-. The third kappa shape index (κ3) is 3.04. The molecular formula is C13H16N2O3S2. The molecule has 0 N–H and O–H groups in total. The lowest BCUT2D eigenvalue weighted by Gasteiger charge is -2.12. The van der Waals surface area contributed by atoms with Gasteiger partial charge >= 0.3 is 0 Å². The smallest absolute Gasteiger partial charge is 0.284 e. The van der Waals surface area contributed by atoms with Crippen LogP contribution in [0.2, 0.25) is 0 Å². The number of amides is 1. The Hall–Kier alpha value is -1.34. The number of thioether (sulfide) groups is 1. The lowest BCUT2D eigenvalue weighted by Crippen LogP contribution is -2.29. The van der Waals surface area contributed by atoms with E-state index in [4.69, 9.17) is 0 Å². The van der Waals surface area contributed by atoms with Crippen LogP contribution < -0.4 is 0 Å². The van der Waals surface area contributed by atoms with Crippen LogP contribution in [-0.4, -0.2) is 36.7 Å². The Bertz CT molecular complexity index is 636. The molecule has 1 aromatic carbocycles. The van der Waals surface area contributed by atoms with Crippen molar-refractivity contribution in [2.24, 2.45) is 4.40 Å². The van der Waals surface area contributed by atoms with Gasteiger partial charge in [-0.3, -0.25) is 9.69 Å². The summed E-state index contributed by atoms with van der Waals surface area (Å²) in [6.07, 6.45) is 0.850. The fraction of sp³-hybridized carbons (Fsp3) is 0.385. The van der Waals surface area contributed by atoms with E-state index in [-0.39, 0.29) is 21.7 Å². The Kier molecular flexibility index (Phi) is 4.49. The highest BCUT2D eigenvalue weighted by Gasteiger charge is 2.29. The third-order valence-corrected chi connectivity index (χ3v) is 5.36. The van der Waals surface area contributed by atoms with E-state index < -0.39 is 10.0 Å². The molecule has 0 radical (unpaired) electrons. The van der Waals surface area contributed by atoms with Crippen molar-refractivity contribution in [2.45, 2.75) is 25.2 Å². The van der Waals surface area contributed by atoms with Gasteiger partial charge in [0, 0.05) is 6.54 Å². The number of carbonyl (C=O) groups excluding carboxylic acids is 1. The van der Waals surface area contributed by atoms with Gasteiger partial charge in [-0.2, -0.15) is 8.42 Å². The van der Waals surface area contributed by atoms with Crippen molar-refractivity contribution in [2.75, 3.05) is 12.3 Å². The largest absolute Gasteiger partial charge is 0.290 e. The average molecular weight is 312 g/mol. The van der Waals surface area contributed by atoms with Crippen LogP contribution in [0.4, 0.5) is 0 Å². The molecule has 1 heterocycles. The number of hydrogen-bond acceptors (Lipinski definition) is 4. The molecule has 5 nitrogen and oxygen atoms in total. The van der Waals surface area contributed by atoms with Crippen molar-refractivity contribution in [1.29, 1.82) is 0 Å². The first-order valence-corrected chi connectivity index (χ1v) is 8.77. The summed E-state index contributed by atoms with van der Waals surface area (Å²) in [5.74, 6) is 0.143. The van der Waals surface area contributed by atoms with E-state index >= 15 is 0 Å². The minimum atomic E-state index is -3.76. The zero-order valence-electron chi connectivity index (χ0n) is 11.4. The van der Waals surface area contributed by atoms with Crippen LogP contribution >= 0.6 is 11.8 Å². The maximum Gasteiger partial charge on any atom is 0.284 e. The molecule has 7 heteroatoms. The lowest BCUT2D eigenvalue weighted by molar-refractivity contribution is -0.123. The van der Waals surface area contributed by atoms with Gasteiger partial charge in [0.05, 0.1) is 10.6 Å². The maximum atomic E-state index is 12.2. The van der Waals surface area contributed by atoms with Crippen molar-refractivity contribution < 1.29 is 13.2 Å². The highest BCUT2D eigenvalue weighted by molar-refractivity contribution is 8.15. The molecule has 20 heavy (non-hydrogen) atoms. The summed E-state index contributed by atoms with van der Waals surface area (Å²) < 4.78 is 28.2. The highest BCUT2D eigenvalue weighted by atomic mass is 32.2. The Labute approximate surface area is 123 Å². The number of amidine groups is 1. The summed E-state index contributed by atoms with van der Waals surface area (Å²) in [5, 5.41) is 0.261. The zero-order valence-corrected chi connectivity index (χ0v) is 13.0. The van der Waals surface area contributed by atoms with Gasteiger partial charge in [-0.15, -0.1) is 4.40 Å². The van der Waals surface area contributed by atoms with Crippen LogP contribution in [0.15, 0.2) is 33.6 Å². The van der Waals surface area contributed by atoms with Crippen LogP contribution in [0.25, 0.3) is 0 Å². The van der Waals surface area contributed by atoms with Crippen LogP contribution in [-0.2, 0) is 21.2 Å². The van der Waals surface area contributed by atoms with Gasteiger partial charge in [-0.25, -0.2) is 0 Å². The Morgan fingerprint density at radius 2 is 1.90 bits per heavy atom. The molecule has 0 aliphatic carbocycles. The van der Waals surface area contributed by atoms with E-state index in [9.17, 15) is 13.2 Å². The summed E-state index contributed by atoms with van der Waals surface area (Å²) >= 11 is 1.16. The second-order valence-electron chi connectivity index (χ2n) is 4.27. The van der Waals surface area contributed by atoms with Gasteiger partial charge in [-0.1, -0.05) is 30.8 Å². The monoisotopic (exact) mass is 312 g/mol. The SMILES string of the molecule is CCc1ccc(S(=O)(=O)/N=C2\SCC(=O)N2CC)cc1. The van der Waals surface area contributed by atoms with E-state index in [2.05, 4.69) is 4.40 Å². The molecule has 2 rings (SSSR count). The molecule has 1 aliphatic heterocycles. The van der Waals surface area contributed by atoms with Crippen molar-refractivity contribution in [1.82, 2.24) is 4.90 Å². The average Bonchev–Trinajstić information content (AvgIpc) is 2.78. The fourth-order valence-corrected chi connectivity index (χ4v) is 4.02. The van der Waals surface area contributed by atoms with Crippen molar-refractivity contribution in [3.05, 3.63) is 29.8 Å². The first kappa shape index (κ1) is 15.1. The number of aryl methyl sites for hydroxylation is 1. The second-order valence-corrected chi connectivity index (χ2v) is 6.82. The van der Waals surface area contributed by atoms with Crippen molar-refractivity contribution in [3.63, 3.8) is 0 Å². The van der Waals surface area contributed by atoms with E-state index in [1.807, 2.05) is 6.92 Å². The number of rotatable bonds is 4. The Morgan fingerprint density at radius 3 is 2.45 bits per heavy atom. The summed E-state index contributed by atoms with van der Waals surface area (Å²) in [6, 6.07) is 6.65. The summed E-state index contributed by atoms with van der Waals surface area (Å²) in [7, 11) is -3.76. The minimum absolute atomic E-state index is 0.104. The summed E-state index contributed by atoms with van der Waals surface area (Å²) in [4.78, 5) is 13.1. The van der Waals surface area contributed by atoms with Crippen LogP contribution in [0.3, 0.4) is 0 Å². The second kappa shape index (κ2) is 5.97. The van der Waals surface area contributed by atoms with Gasteiger partial charge in [0.15, 0.2) is 5.17 Å². The highest BCUT2D eigenvalue weighted by Crippen LogP contribution is 2.22. The fourth-order valence-electron chi connectivity index (χ4n) is 1.83. The Morgan fingerprint density at radius 1 is 1.25 bits per heavy atom. The lowest BCUT2D eigenvalue weighted by atomic mass is 10.2. The topological polar surface area (TPSA) is 66.8 Å². The van der Waals surface area contributed by atoms with Crippen molar-refractivity contribution >= 4 is 32.9 Å². The molecule has 1 aromatic rings. The maximum absolute atomic E-state index is 12.2. The molecule has 0 saturated carbocycles. The first-order chi connectivity index (χ1) is 9.47. The third-order valence-electron chi connectivity index (χ3n) is 3.00. The van der Waals surface area contributed by atoms with E-state index in [0.29, 0.717) is 6.54 Å². The molecule has 1 saturated heterocycles. The first-order valence-electron chi connectivity index (χ1n) is 6.35. The van der Waals surface area contributed by atoms with Crippen LogP contribution in [0, 0.1) is 0 Å². The number of nitrogens with zero attached hydrogens (tertiary/aromatic N) is 2. The number of benzene rings is 1. The van der Waals surface area contributed by atoms with E-state index in [0.717, 1.165) is 23.7 Å². The molecule has 1 fully saturated rings. The van der Waals surface area contributed by atoms with Gasteiger partial charge in [-0.05, 0) is 31.0 Å². The normalized spacial score (nSPS) is 18.0. The number of hydrogen-bond donors (Lipinski definition) is 0. The molecular weight excluding hydrogens is 296 g/mol. The van der Waals surface area contributed by atoms with Crippen LogP contribution in [0.5, 0.6) is 0 Å². The van der Waals surface area contributed by atoms with Gasteiger partial charge in [0.1, 0.15) is 0 Å². The van der Waals surface area contributed by atoms with Gasteiger partial charge < -0.3 is 0 Å². The number of sulfonamides is 1. The van der Waals surface area contributed by atoms with E-state index in [1.54, 1.807) is 31.2 Å². The van der Waals surface area contributed by atoms with Gasteiger partial charge in [0.2, 0.25) is 5.91 Å². The summed E-state index contributed by atoms with van der Waals surface area (Å²) in [6.45, 7) is 4.22. The molecule has 0 bridgehead atoms. The molecule has 1 amide bonds. The molecule has 0 spiro atoms. The Balaban J connectivity index is 2.33. The molecule has 0 aromatic heterocycles. The quantitative estimate of drug-likeness (QED) is 0.851. The minimum Gasteiger partial charge on any atom is -0.290 e.